The number of likely N-dealkylation sites (N-methyl/N-ethyl adjacent to an activating group) is 1. The minimum Gasteiger partial charge on any atom is -0.388 e. The van der Waals surface area contributed by atoms with E-state index >= 15 is 0 Å². The molecule has 2 aliphatic rings. The van der Waals surface area contributed by atoms with Gasteiger partial charge < -0.3 is 10.2 Å². The van der Waals surface area contributed by atoms with Crippen LogP contribution in [-0.4, -0.2) is 41.4 Å². The van der Waals surface area contributed by atoms with E-state index in [1.165, 1.54) is 0 Å². The Labute approximate surface area is 130 Å². The lowest BCUT2D eigenvalue weighted by molar-refractivity contribution is -0.0812. The molecule has 2 N–H and O–H groups in total. The topological polar surface area (TPSA) is 43.7 Å². The fraction of sp³-hybridized carbons (Fsp3) is 0.263. The van der Waals surface area contributed by atoms with Gasteiger partial charge in [-0.3, -0.25) is 4.90 Å². The largest absolute Gasteiger partial charge is 0.388 e. The fourth-order valence-electron chi connectivity index (χ4n) is 3.83. The van der Waals surface area contributed by atoms with Crippen LogP contribution in [0.3, 0.4) is 0 Å². The average molecular weight is 293 g/mol. The molecule has 0 radical (unpaired) electrons. The maximum absolute atomic E-state index is 11.3. The van der Waals surface area contributed by atoms with Crippen LogP contribution < -0.4 is 0 Å². The molecule has 112 valence electrons. The van der Waals surface area contributed by atoms with E-state index < -0.39 is 11.7 Å². The third-order valence-corrected chi connectivity index (χ3v) is 4.83. The molecule has 1 fully saturated rings. The van der Waals surface area contributed by atoms with Crippen LogP contribution in [-0.2, 0) is 5.60 Å². The Morgan fingerprint density at radius 1 is 1.05 bits per heavy atom. The zero-order valence-corrected chi connectivity index (χ0v) is 12.5. The van der Waals surface area contributed by atoms with E-state index in [1.54, 1.807) is 0 Å². The first-order valence-corrected chi connectivity index (χ1v) is 7.60. The molecule has 2 aromatic carbocycles. The van der Waals surface area contributed by atoms with E-state index in [4.69, 9.17) is 0 Å². The lowest BCUT2D eigenvalue weighted by atomic mass is 9.81. The first-order chi connectivity index (χ1) is 10.6. The number of hydrogen-bond acceptors (Lipinski definition) is 3. The predicted molar refractivity (Wildman–Crippen MR) is 86.3 cm³/mol. The zero-order valence-electron chi connectivity index (χ0n) is 12.5. The van der Waals surface area contributed by atoms with Crippen molar-refractivity contribution in [2.24, 2.45) is 0 Å². The highest BCUT2D eigenvalue weighted by Gasteiger charge is 2.51. The minimum absolute atomic E-state index is 0.469. The summed E-state index contributed by atoms with van der Waals surface area (Å²) in [6, 6.07) is 18.0. The third-order valence-electron chi connectivity index (χ3n) is 4.83. The quantitative estimate of drug-likeness (QED) is 0.845. The predicted octanol–water partition coefficient (Wildman–Crippen LogP) is 2.00. The Morgan fingerprint density at radius 2 is 1.73 bits per heavy atom. The highest BCUT2D eigenvalue weighted by molar-refractivity contribution is 5.90. The monoisotopic (exact) mass is 293 g/mol. The van der Waals surface area contributed by atoms with Crippen molar-refractivity contribution in [3.63, 3.8) is 0 Å². The molecular formula is C19H19NO2. The van der Waals surface area contributed by atoms with Crippen LogP contribution in [0, 0.1) is 0 Å². The normalized spacial score (nSPS) is 27.7. The molecule has 1 saturated heterocycles. The SMILES string of the molecule is CN1CC2=C(c3ccccc3)c3ccccc3C2(O)C(O)C1. The van der Waals surface area contributed by atoms with Gasteiger partial charge in [-0.1, -0.05) is 54.6 Å². The molecule has 2 atom stereocenters. The van der Waals surface area contributed by atoms with Gasteiger partial charge in [0.05, 0.1) is 0 Å². The number of hydrogen-bond donors (Lipinski definition) is 2. The van der Waals surface area contributed by atoms with Gasteiger partial charge >= 0.3 is 0 Å². The molecule has 1 aliphatic heterocycles. The Morgan fingerprint density at radius 3 is 2.50 bits per heavy atom. The van der Waals surface area contributed by atoms with E-state index in [9.17, 15) is 10.2 Å². The first-order valence-electron chi connectivity index (χ1n) is 7.60. The van der Waals surface area contributed by atoms with Gasteiger partial charge in [0.25, 0.3) is 0 Å². The van der Waals surface area contributed by atoms with Crippen LogP contribution in [0.2, 0.25) is 0 Å². The van der Waals surface area contributed by atoms with Crippen LogP contribution in [0.4, 0.5) is 0 Å². The molecule has 4 rings (SSSR count). The van der Waals surface area contributed by atoms with Crippen molar-refractivity contribution in [2.75, 3.05) is 20.1 Å². The van der Waals surface area contributed by atoms with Gasteiger partial charge in [-0.2, -0.15) is 0 Å². The van der Waals surface area contributed by atoms with Crippen LogP contribution >= 0.6 is 0 Å². The number of piperidine rings is 1. The summed E-state index contributed by atoms with van der Waals surface area (Å²) < 4.78 is 0. The molecule has 3 nitrogen and oxygen atoms in total. The Bertz CT molecular complexity index is 753. The fourth-order valence-corrected chi connectivity index (χ4v) is 3.83. The minimum atomic E-state index is -1.27. The second-order valence-corrected chi connectivity index (χ2v) is 6.24. The van der Waals surface area contributed by atoms with Gasteiger partial charge in [0.1, 0.15) is 11.7 Å². The van der Waals surface area contributed by atoms with Crippen molar-refractivity contribution in [1.82, 2.24) is 4.90 Å². The Hall–Kier alpha value is -1.94. The smallest absolute Gasteiger partial charge is 0.140 e. The van der Waals surface area contributed by atoms with Crippen molar-refractivity contribution in [3.05, 3.63) is 76.9 Å². The number of benzene rings is 2. The van der Waals surface area contributed by atoms with E-state index in [-0.39, 0.29) is 0 Å². The Kier molecular flexibility index (Phi) is 2.98. The molecule has 2 unspecified atom stereocenters. The van der Waals surface area contributed by atoms with Crippen LogP contribution in [0.5, 0.6) is 0 Å². The molecule has 2 aromatic rings. The third kappa shape index (κ3) is 1.73. The zero-order chi connectivity index (χ0) is 15.3. The molecule has 0 saturated carbocycles. The molecule has 22 heavy (non-hydrogen) atoms. The summed E-state index contributed by atoms with van der Waals surface area (Å²) in [7, 11) is 1.97. The van der Waals surface area contributed by atoms with Crippen LogP contribution in [0.1, 0.15) is 16.7 Å². The van der Waals surface area contributed by atoms with Gasteiger partial charge in [-0.25, -0.2) is 0 Å². The number of fused-ring (bicyclic) bond motifs is 3. The van der Waals surface area contributed by atoms with Crippen molar-refractivity contribution in [3.8, 4) is 0 Å². The Balaban J connectivity index is 2.03. The summed E-state index contributed by atoms with van der Waals surface area (Å²) in [5, 5.41) is 21.9. The maximum atomic E-state index is 11.3. The van der Waals surface area contributed by atoms with Gasteiger partial charge in [0.15, 0.2) is 0 Å². The van der Waals surface area contributed by atoms with Crippen molar-refractivity contribution in [2.45, 2.75) is 11.7 Å². The summed E-state index contributed by atoms with van der Waals surface area (Å²) in [5.74, 6) is 0. The summed E-state index contributed by atoms with van der Waals surface area (Å²) >= 11 is 0. The molecule has 0 aromatic heterocycles. The second-order valence-electron chi connectivity index (χ2n) is 6.24. The number of nitrogens with zero attached hydrogens (tertiary/aromatic N) is 1. The average Bonchev–Trinajstić information content (AvgIpc) is 2.79. The van der Waals surface area contributed by atoms with Crippen LogP contribution in [0.25, 0.3) is 5.57 Å². The van der Waals surface area contributed by atoms with Crippen molar-refractivity contribution in [1.29, 1.82) is 0 Å². The highest BCUT2D eigenvalue weighted by atomic mass is 16.3. The van der Waals surface area contributed by atoms with E-state index in [0.717, 1.165) is 27.8 Å². The standard InChI is InChI=1S/C19H19NO2/c1-20-11-16-18(13-7-3-2-4-8-13)14-9-5-6-10-15(14)19(16,22)17(21)12-20/h2-10,17,21-22H,11-12H2,1H3. The van der Waals surface area contributed by atoms with E-state index in [0.29, 0.717) is 13.1 Å². The molecule has 0 spiro atoms. The summed E-state index contributed by atoms with van der Waals surface area (Å²) in [4.78, 5) is 2.06. The summed E-state index contributed by atoms with van der Waals surface area (Å²) in [5.41, 5.74) is 3.63. The summed E-state index contributed by atoms with van der Waals surface area (Å²) in [6.07, 6.45) is -0.816. The first kappa shape index (κ1) is 13.7. The molecule has 1 aliphatic carbocycles. The highest BCUT2D eigenvalue weighted by Crippen LogP contribution is 2.50. The van der Waals surface area contributed by atoms with Gasteiger partial charge in [-0.05, 0) is 34.9 Å². The number of β-amino-alcohol motifs (C(OH)–C–C–N with tert-alkyl or cyclic N) is 1. The molecule has 3 heteroatoms. The van der Waals surface area contributed by atoms with Crippen molar-refractivity contribution >= 4 is 5.57 Å². The number of aliphatic hydroxyl groups is 2. The van der Waals surface area contributed by atoms with E-state index in [1.807, 2.05) is 49.5 Å². The van der Waals surface area contributed by atoms with Crippen LogP contribution in [0.15, 0.2) is 60.2 Å². The molecule has 0 bridgehead atoms. The summed E-state index contributed by atoms with van der Waals surface area (Å²) in [6.45, 7) is 1.13. The number of rotatable bonds is 1. The number of aliphatic hydroxyl groups excluding tert-OH is 1. The molecule has 0 amide bonds. The lowest BCUT2D eigenvalue weighted by Crippen LogP contribution is -2.53. The van der Waals surface area contributed by atoms with Crippen molar-refractivity contribution < 1.29 is 10.2 Å². The second kappa shape index (κ2) is 4.78. The number of likely N-dealkylation sites (tertiary alicyclic amines) is 1. The lowest BCUT2D eigenvalue weighted by Gasteiger charge is -2.41. The maximum Gasteiger partial charge on any atom is 0.140 e. The van der Waals surface area contributed by atoms with Gasteiger partial charge in [-0.15, -0.1) is 0 Å². The molecular weight excluding hydrogens is 274 g/mol. The van der Waals surface area contributed by atoms with E-state index in [2.05, 4.69) is 17.0 Å². The van der Waals surface area contributed by atoms with Gasteiger partial charge in [0, 0.05) is 13.1 Å². The molecule has 1 heterocycles. The van der Waals surface area contributed by atoms with Gasteiger partial charge in [0.2, 0.25) is 0 Å².